The van der Waals surface area contributed by atoms with Crippen LogP contribution in [0.1, 0.15) is 33.3 Å². The van der Waals surface area contributed by atoms with E-state index in [0.29, 0.717) is 0 Å². The molecule has 1 aromatic rings. The van der Waals surface area contributed by atoms with E-state index in [-0.39, 0.29) is 5.04 Å². The van der Waals surface area contributed by atoms with E-state index in [9.17, 15) is 4.79 Å². The van der Waals surface area contributed by atoms with E-state index in [1.54, 1.807) is 6.08 Å². The lowest BCUT2D eigenvalue weighted by molar-refractivity contribution is -0.104. The standard InChI is InChI=1S/C16H24O2Si/c1-13(10-11-17)14-8-7-9-15(12-14)18-19(5,6)16(2,3)4/h7-12H,1-6H3/b13-10-. The van der Waals surface area contributed by atoms with Gasteiger partial charge in [-0.2, -0.15) is 0 Å². The minimum atomic E-state index is -1.81. The van der Waals surface area contributed by atoms with Gasteiger partial charge in [0.05, 0.1) is 0 Å². The van der Waals surface area contributed by atoms with Gasteiger partial charge < -0.3 is 4.43 Å². The summed E-state index contributed by atoms with van der Waals surface area (Å²) in [5.74, 6) is 0.891. The van der Waals surface area contributed by atoms with Gasteiger partial charge >= 0.3 is 0 Å². The van der Waals surface area contributed by atoms with Crippen LogP contribution in [-0.4, -0.2) is 14.6 Å². The fourth-order valence-electron chi connectivity index (χ4n) is 1.45. The zero-order valence-electron chi connectivity index (χ0n) is 12.8. The van der Waals surface area contributed by atoms with E-state index < -0.39 is 8.32 Å². The van der Waals surface area contributed by atoms with Gasteiger partial charge in [0.15, 0.2) is 0 Å². The maximum atomic E-state index is 10.5. The van der Waals surface area contributed by atoms with E-state index in [2.05, 4.69) is 33.9 Å². The van der Waals surface area contributed by atoms with Crippen molar-refractivity contribution >= 4 is 20.2 Å². The molecule has 0 N–H and O–H groups in total. The molecule has 0 bridgehead atoms. The first kappa shape index (κ1) is 15.7. The molecule has 0 fully saturated rings. The van der Waals surface area contributed by atoms with Crippen molar-refractivity contribution in [2.24, 2.45) is 0 Å². The molecule has 104 valence electrons. The zero-order chi connectivity index (χ0) is 14.7. The van der Waals surface area contributed by atoms with Gasteiger partial charge in [-0.1, -0.05) is 32.9 Å². The third kappa shape index (κ3) is 4.06. The van der Waals surface area contributed by atoms with Crippen LogP contribution in [0.25, 0.3) is 5.57 Å². The van der Waals surface area contributed by atoms with Gasteiger partial charge in [-0.25, -0.2) is 0 Å². The summed E-state index contributed by atoms with van der Waals surface area (Å²) in [4.78, 5) is 10.5. The number of allylic oxidation sites excluding steroid dienone is 2. The van der Waals surface area contributed by atoms with E-state index in [1.165, 1.54) is 0 Å². The van der Waals surface area contributed by atoms with Crippen molar-refractivity contribution in [3.8, 4) is 5.75 Å². The number of rotatable bonds is 4. The van der Waals surface area contributed by atoms with Crippen LogP contribution in [0.2, 0.25) is 18.1 Å². The predicted octanol–water partition coefficient (Wildman–Crippen LogP) is 4.67. The van der Waals surface area contributed by atoms with Crippen LogP contribution in [0.15, 0.2) is 30.3 Å². The summed E-state index contributed by atoms with van der Waals surface area (Å²) in [7, 11) is -1.81. The van der Waals surface area contributed by atoms with Gasteiger partial charge in [0.1, 0.15) is 12.0 Å². The number of hydrogen-bond donors (Lipinski definition) is 0. The molecule has 2 nitrogen and oxygen atoms in total. The molecule has 0 aliphatic rings. The summed E-state index contributed by atoms with van der Waals surface area (Å²) in [5.41, 5.74) is 1.99. The molecule has 0 atom stereocenters. The summed E-state index contributed by atoms with van der Waals surface area (Å²) in [5, 5.41) is 0.177. The number of benzene rings is 1. The van der Waals surface area contributed by atoms with Crippen molar-refractivity contribution in [1.82, 2.24) is 0 Å². The Kier molecular flexibility index (Phi) is 4.74. The molecule has 0 heterocycles. The van der Waals surface area contributed by atoms with Crippen molar-refractivity contribution in [2.75, 3.05) is 0 Å². The summed E-state index contributed by atoms with van der Waals surface area (Å²) >= 11 is 0. The van der Waals surface area contributed by atoms with Crippen LogP contribution in [0.3, 0.4) is 0 Å². The van der Waals surface area contributed by atoms with Crippen molar-refractivity contribution in [1.29, 1.82) is 0 Å². The topological polar surface area (TPSA) is 26.3 Å². The molecule has 19 heavy (non-hydrogen) atoms. The summed E-state index contributed by atoms with van der Waals surface area (Å²) in [6.45, 7) is 13.1. The number of hydrogen-bond acceptors (Lipinski definition) is 2. The summed E-state index contributed by atoms with van der Waals surface area (Å²) < 4.78 is 6.26. The molecule has 0 amide bonds. The fourth-order valence-corrected chi connectivity index (χ4v) is 2.47. The lowest BCUT2D eigenvalue weighted by atomic mass is 10.1. The summed E-state index contributed by atoms with van der Waals surface area (Å²) in [6, 6.07) is 7.96. The number of carbonyl (C=O) groups excluding carboxylic acids is 1. The van der Waals surface area contributed by atoms with Crippen LogP contribution >= 0.6 is 0 Å². The highest BCUT2D eigenvalue weighted by Gasteiger charge is 2.38. The molecule has 1 aromatic carbocycles. The second-order valence-corrected chi connectivity index (χ2v) is 11.1. The minimum absolute atomic E-state index is 0.177. The fraction of sp³-hybridized carbons (Fsp3) is 0.438. The Morgan fingerprint density at radius 3 is 2.42 bits per heavy atom. The van der Waals surface area contributed by atoms with Crippen molar-refractivity contribution < 1.29 is 9.22 Å². The SMILES string of the molecule is C/C(=C/C=O)c1cccc(O[Si](C)(C)C(C)(C)C)c1. The zero-order valence-corrected chi connectivity index (χ0v) is 13.8. The first-order chi connectivity index (χ1) is 8.67. The van der Waals surface area contributed by atoms with Crippen LogP contribution in [0, 0.1) is 0 Å². The Morgan fingerprint density at radius 2 is 1.89 bits per heavy atom. The monoisotopic (exact) mass is 276 g/mol. The molecule has 0 radical (unpaired) electrons. The van der Waals surface area contributed by atoms with Crippen molar-refractivity contribution in [3.63, 3.8) is 0 Å². The third-order valence-electron chi connectivity index (χ3n) is 3.79. The lowest BCUT2D eigenvalue weighted by Gasteiger charge is -2.36. The van der Waals surface area contributed by atoms with Gasteiger partial charge in [0.25, 0.3) is 0 Å². The maximum Gasteiger partial charge on any atom is 0.250 e. The van der Waals surface area contributed by atoms with Crippen LogP contribution in [0.5, 0.6) is 5.75 Å². The van der Waals surface area contributed by atoms with Gasteiger partial charge in [-0.05, 0) is 54.4 Å². The molecular formula is C16H24O2Si. The highest BCUT2D eigenvalue weighted by molar-refractivity contribution is 6.74. The Labute approximate surface area is 117 Å². The average molecular weight is 276 g/mol. The van der Waals surface area contributed by atoms with Crippen molar-refractivity contribution in [3.05, 3.63) is 35.9 Å². The molecule has 0 unspecified atom stereocenters. The highest BCUT2D eigenvalue weighted by Crippen LogP contribution is 2.37. The van der Waals surface area contributed by atoms with Crippen molar-refractivity contribution in [2.45, 2.75) is 45.8 Å². The molecule has 3 heteroatoms. The molecule has 0 aliphatic carbocycles. The number of carbonyl (C=O) groups is 1. The molecule has 0 saturated heterocycles. The van der Waals surface area contributed by atoms with Gasteiger partial charge in [-0.15, -0.1) is 0 Å². The number of aldehydes is 1. The molecule has 0 aromatic heterocycles. The Balaban J connectivity index is 3.02. The van der Waals surface area contributed by atoms with Gasteiger partial charge in [0, 0.05) is 0 Å². The molecular weight excluding hydrogens is 252 g/mol. The second kappa shape index (κ2) is 5.74. The first-order valence-electron chi connectivity index (χ1n) is 6.59. The Morgan fingerprint density at radius 1 is 1.26 bits per heavy atom. The smallest absolute Gasteiger partial charge is 0.250 e. The predicted molar refractivity (Wildman–Crippen MR) is 84.0 cm³/mol. The summed E-state index contributed by atoms with van der Waals surface area (Å²) in [6.07, 6.45) is 2.39. The quantitative estimate of drug-likeness (QED) is 0.454. The van der Waals surface area contributed by atoms with E-state index >= 15 is 0 Å². The van der Waals surface area contributed by atoms with Gasteiger partial charge in [0.2, 0.25) is 8.32 Å². The average Bonchev–Trinajstić information content (AvgIpc) is 2.27. The Bertz CT molecular complexity index is 482. The molecule has 0 aliphatic heterocycles. The van der Waals surface area contributed by atoms with Crippen LogP contribution in [-0.2, 0) is 4.79 Å². The largest absolute Gasteiger partial charge is 0.543 e. The maximum absolute atomic E-state index is 10.5. The first-order valence-corrected chi connectivity index (χ1v) is 9.50. The normalized spacial score (nSPS) is 13.3. The molecule has 0 saturated carbocycles. The van der Waals surface area contributed by atoms with E-state index in [0.717, 1.165) is 23.2 Å². The van der Waals surface area contributed by atoms with Gasteiger partial charge in [-0.3, -0.25) is 4.79 Å². The van der Waals surface area contributed by atoms with Crippen LogP contribution in [0.4, 0.5) is 0 Å². The van der Waals surface area contributed by atoms with Crippen LogP contribution < -0.4 is 4.43 Å². The lowest BCUT2D eigenvalue weighted by Crippen LogP contribution is -2.43. The van der Waals surface area contributed by atoms with E-state index in [4.69, 9.17) is 4.43 Å². The molecule has 1 rings (SSSR count). The third-order valence-corrected chi connectivity index (χ3v) is 8.14. The molecule has 0 spiro atoms. The van der Waals surface area contributed by atoms with E-state index in [1.807, 2.05) is 31.2 Å². The minimum Gasteiger partial charge on any atom is -0.543 e. The second-order valence-electron chi connectivity index (χ2n) is 6.38. The highest BCUT2D eigenvalue weighted by atomic mass is 28.4. The Hall–Kier alpha value is -1.35.